The van der Waals surface area contributed by atoms with Gasteiger partial charge in [0.15, 0.2) is 0 Å². The third kappa shape index (κ3) is 3.53. The van der Waals surface area contributed by atoms with Crippen LogP contribution in [0.25, 0.3) is 0 Å². The number of nitrogens with zero attached hydrogens (tertiary/aromatic N) is 2. The molecular formula is C14H25N3S. The minimum Gasteiger partial charge on any atom is -0.306 e. The van der Waals surface area contributed by atoms with E-state index < -0.39 is 0 Å². The molecule has 1 fully saturated rings. The van der Waals surface area contributed by atoms with Gasteiger partial charge in [0.1, 0.15) is 0 Å². The monoisotopic (exact) mass is 267 g/mol. The smallest absolute Gasteiger partial charge is 0.0898 e. The fourth-order valence-electron chi connectivity index (χ4n) is 2.60. The largest absolute Gasteiger partial charge is 0.306 e. The highest BCUT2D eigenvalue weighted by Crippen LogP contribution is 2.19. The van der Waals surface area contributed by atoms with Crippen LogP contribution in [0.15, 0.2) is 5.38 Å². The van der Waals surface area contributed by atoms with Crippen LogP contribution in [0.5, 0.6) is 0 Å². The van der Waals surface area contributed by atoms with E-state index in [9.17, 15) is 0 Å². The third-order valence-corrected chi connectivity index (χ3v) is 4.62. The van der Waals surface area contributed by atoms with Crippen molar-refractivity contribution in [1.29, 1.82) is 0 Å². The van der Waals surface area contributed by atoms with Crippen molar-refractivity contribution >= 4 is 11.3 Å². The Morgan fingerprint density at radius 2 is 2.00 bits per heavy atom. The number of aromatic nitrogens is 1. The van der Waals surface area contributed by atoms with E-state index in [0.29, 0.717) is 18.1 Å². The van der Waals surface area contributed by atoms with E-state index in [4.69, 9.17) is 0 Å². The Bertz CT molecular complexity index is 367. The maximum atomic E-state index is 4.56. The summed E-state index contributed by atoms with van der Waals surface area (Å²) in [6, 6.07) is 1.71. The highest BCUT2D eigenvalue weighted by Gasteiger charge is 2.22. The van der Waals surface area contributed by atoms with Crippen molar-refractivity contribution in [1.82, 2.24) is 15.2 Å². The van der Waals surface area contributed by atoms with Gasteiger partial charge in [0.25, 0.3) is 0 Å². The van der Waals surface area contributed by atoms with Crippen LogP contribution in [0.2, 0.25) is 0 Å². The van der Waals surface area contributed by atoms with Crippen molar-refractivity contribution in [2.75, 3.05) is 13.1 Å². The third-order valence-electron chi connectivity index (χ3n) is 3.83. The molecule has 1 atom stereocenters. The lowest BCUT2D eigenvalue weighted by molar-refractivity contribution is 0.157. The molecule has 102 valence electrons. The van der Waals surface area contributed by atoms with Crippen LogP contribution in [-0.4, -0.2) is 35.1 Å². The summed E-state index contributed by atoms with van der Waals surface area (Å²) in [5, 5.41) is 7.06. The van der Waals surface area contributed by atoms with Crippen LogP contribution in [0.4, 0.5) is 0 Å². The number of hydrogen-bond donors (Lipinski definition) is 1. The Morgan fingerprint density at radius 1 is 1.33 bits per heavy atom. The summed E-state index contributed by atoms with van der Waals surface area (Å²) >= 11 is 1.74. The fraction of sp³-hybridized carbons (Fsp3) is 0.786. The van der Waals surface area contributed by atoms with Gasteiger partial charge in [-0.05, 0) is 53.6 Å². The first kappa shape index (κ1) is 14.0. The summed E-state index contributed by atoms with van der Waals surface area (Å²) in [4.78, 5) is 7.13. The molecule has 1 unspecified atom stereocenters. The molecule has 1 aromatic heterocycles. The lowest BCUT2D eigenvalue weighted by Gasteiger charge is -2.35. The van der Waals surface area contributed by atoms with Gasteiger partial charge in [0.2, 0.25) is 0 Å². The van der Waals surface area contributed by atoms with E-state index in [1.54, 1.807) is 11.3 Å². The summed E-state index contributed by atoms with van der Waals surface area (Å²) in [5.74, 6) is 0. The van der Waals surface area contributed by atoms with E-state index >= 15 is 0 Å². The molecule has 0 aliphatic carbocycles. The molecule has 1 saturated heterocycles. The number of aryl methyl sites for hydroxylation is 1. The van der Waals surface area contributed by atoms with Gasteiger partial charge in [0, 0.05) is 23.5 Å². The molecule has 1 aliphatic rings. The standard InChI is InChI=1S/C14H25N3S/c1-10(2)17-7-5-13(6-8-17)15-11(3)14-9-18-12(4)16-14/h9-11,13,15H,5-8H2,1-4H3. The second-order valence-electron chi connectivity index (χ2n) is 5.58. The highest BCUT2D eigenvalue weighted by molar-refractivity contribution is 7.09. The average Bonchev–Trinajstić information content (AvgIpc) is 2.76. The first-order valence-electron chi connectivity index (χ1n) is 6.98. The Balaban J connectivity index is 1.81. The Labute approximate surface area is 115 Å². The van der Waals surface area contributed by atoms with E-state index in [2.05, 4.69) is 48.3 Å². The van der Waals surface area contributed by atoms with Crippen LogP contribution < -0.4 is 5.32 Å². The molecule has 1 aromatic rings. The summed E-state index contributed by atoms with van der Waals surface area (Å²) in [5.41, 5.74) is 1.20. The lowest BCUT2D eigenvalue weighted by Crippen LogP contribution is -2.45. The molecule has 0 spiro atoms. The van der Waals surface area contributed by atoms with Crippen molar-refractivity contribution in [2.45, 2.75) is 58.7 Å². The number of thiazole rings is 1. The summed E-state index contributed by atoms with van der Waals surface area (Å²) < 4.78 is 0. The highest BCUT2D eigenvalue weighted by atomic mass is 32.1. The molecule has 18 heavy (non-hydrogen) atoms. The van der Waals surface area contributed by atoms with E-state index in [1.165, 1.54) is 31.6 Å². The predicted molar refractivity (Wildman–Crippen MR) is 78.1 cm³/mol. The number of hydrogen-bond acceptors (Lipinski definition) is 4. The molecule has 3 nitrogen and oxygen atoms in total. The number of likely N-dealkylation sites (tertiary alicyclic amines) is 1. The first-order valence-corrected chi connectivity index (χ1v) is 7.86. The van der Waals surface area contributed by atoms with Crippen molar-refractivity contribution in [3.8, 4) is 0 Å². The van der Waals surface area contributed by atoms with E-state index in [-0.39, 0.29) is 0 Å². The number of nitrogens with one attached hydrogen (secondary N) is 1. The number of piperidine rings is 1. The topological polar surface area (TPSA) is 28.2 Å². The molecular weight excluding hydrogens is 242 g/mol. The molecule has 0 bridgehead atoms. The quantitative estimate of drug-likeness (QED) is 0.909. The molecule has 0 amide bonds. The van der Waals surface area contributed by atoms with Crippen LogP contribution in [0.1, 0.15) is 50.4 Å². The maximum absolute atomic E-state index is 4.56. The SMILES string of the molecule is Cc1nc(C(C)NC2CCN(C(C)C)CC2)cs1. The van der Waals surface area contributed by atoms with Crippen LogP contribution >= 0.6 is 11.3 Å². The van der Waals surface area contributed by atoms with Gasteiger partial charge in [-0.1, -0.05) is 0 Å². The second kappa shape index (κ2) is 6.13. The summed E-state index contributed by atoms with van der Waals surface area (Å²) in [6.45, 7) is 11.3. The molecule has 0 radical (unpaired) electrons. The van der Waals surface area contributed by atoms with E-state index in [1.807, 2.05) is 0 Å². The molecule has 0 aromatic carbocycles. The van der Waals surface area contributed by atoms with Gasteiger partial charge in [-0.2, -0.15) is 0 Å². The van der Waals surface area contributed by atoms with Gasteiger partial charge in [-0.15, -0.1) is 11.3 Å². The van der Waals surface area contributed by atoms with Crippen LogP contribution in [0, 0.1) is 6.92 Å². The minimum absolute atomic E-state index is 0.380. The van der Waals surface area contributed by atoms with Crippen LogP contribution in [-0.2, 0) is 0 Å². The number of rotatable bonds is 4. The van der Waals surface area contributed by atoms with Gasteiger partial charge in [0.05, 0.1) is 10.7 Å². The maximum Gasteiger partial charge on any atom is 0.0898 e. The van der Waals surface area contributed by atoms with Crippen molar-refractivity contribution in [2.24, 2.45) is 0 Å². The van der Waals surface area contributed by atoms with Crippen molar-refractivity contribution in [3.05, 3.63) is 16.1 Å². The first-order chi connectivity index (χ1) is 8.56. The Morgan fingerprint density at radius 3 is 2.50 bits per heavy atom. The Kier molecular flexibility index (Phi) is 4.76. The van der Waals surface area contributed by atoms with Gasteiger partial charge >= 0.3 is 0 Å². The van der Waals surface area contributed by atoms with Gasteiger partial charge in [-0.25, -0.2) is 4.98 Å². The molecule has 2 heterocycles. The predicted octanol–water partition coefficient (Wildman–Crippen LogP) is 2.97. The zero-order chi connectivity index (χ0) is 13.1. The molecule has 1 aliphatic heterocycles. The van der Waals surface area contributed by atoms with Crippen LogP contribution in [0.3, 0.4) is 0 Å². The minimum atomic E-state index is 0.380. The van der Waals surface area contributed by atoms with E-state index in [0.717, 1.165) is 5.01 Å². The zero-order valence-corrected chi connectivity index (χ0v) is 12.8. The molecule has 4 heteroatoms. The zero-order valence-electron chi connectivity index (χ0n) is 11.9. The fourth-order valence-corrected chi connectivity index (χ4v) is 3.31. The normalized spacial score (nSPS) is 20.5. The molecule has 0 saturated carbocycles. The Hall–Kier alpha value is -0.450. The molecule has 1 N–H and O–H groups in total. The average molecular weight is 267 g/mol. The molecule has 2 rings (SSSR count). The van der Waals surface area contributed by atoms with Gasteiger partial charge < -0.3 is 10.2 Å². The van der Waals surface area contributed by atoms with Crippen molar-refractivity contribution in [3.63, 3.8) is 0 Å². The van der Waals surface area contributed by atoms with Crippen molar-refractivity contribution < 1.29 is 0 Å². The summed E-state index contributed by atoms with van der Waals surface area (Å²) in [6.07, 6.45) is 2.51. The lowest BCUT2D eigenvalue weighted by atomic mass is 10.0. The summed E-state index contributed by atoms with van der Waals surface area (Å²) in [7, 11) is 0. The van der Waals surface area contributed by atoms with Gasteiger partial charge in [-0.3, -0.25) is 0 Å². The second-order valence-corrected chi connectivity index (χ2v) is 6.65.